The van der Waals surface area contributed by atoms with Crippen LogP contribution in [0.4, 0.5) is 11.6 Å². The topological polar surface area (TPSA) is 51.4 Å². The van der Waals surface area contributed by atoms with Crippen LogP contribution < -0.4 is 10.6 Å². The van der Waals surface area contributed by atoms with Crippen molar-refractivity contribution in [3.8, 4) is 0 Å². The molecule has 0 aromatic carbocycles. The largest absolute Gasteiger partial charge is 0.384 e. The summed E-state index contributed by atoms with van der Waals surface area (Å²) >= 11 is 0. The van der Waals surface area contributed by atoms with Crippen molar-refractivity contribution in [1.29, 1.82) is 0 Å². The first-order valence-corrected chi connectivity index (χ1v) is 4.80. The number of nitrogens with two attached hydrogens (primary N) is 1. The Hall–Kier alpha value is -1.29. The smallest absolute Gasteiger partial charge is 0.131 e. The molecule has 4 nitrogen and oxygen atoms in total. The van der Waals surface area contributed by atoms with Crippen LogP contribution in [0.25, 0.3) is 0 Å². The molecule has 0 radical (unpaired) electrons. The van der Waals surface area contributed by atoms with Crippen LogP contribution in [-0.4, -0.2) is 31.3 Å². The van der Waals surface area contributed by atoms with E-state index < -0.39 is 0 Å². The Bertz CT molecular complexity index is 316. The van der Waals surface area contributed by atoms with Crippen molar-refractivity contribution in [3.05, 3.63) is 18.2 Å². The van der Waals surface area contributed by atoms with Gasteiger partial charge in [-0.15, -0.1) is 0 Å². The molecule has 2 rings (SSSR count). The molecule has 0 spiro atoms. The Morgan fingerprint density at radius 3 is 3.07 bits per heavy atom. The number of nitrogens with zero attached hydrogens (tertiary/aromatic N) is 2. The van der Waals surface area contributed by atoms with Gasteiger partial charge >= 0.3 is 0 Å². The lowest BCUT2D eigenvalue weighted by Gasteiger charge is -2.16. The second kappa shape index (κ2) is 3.84. The van der Waals surface area contributed by atoms with Gasteiger partial charge in [0.05, 0.1) is 6.10 Å². The summed E-state index contributed by atoms with van der Waals surface area (Å²) in [4.78, 5) is 6.47. The fourth-order valence-corrected chi connectivity index (χ4v) is 1.74. The summed E-state index contributed by atoms with van der Waals surface area (Å²) in [5.41, 5.74) is 5.62. The average Bonchev–Trinajstić information content (AvgIpc) is 2.66. The van der Waals surface area contributed by atoms with Gasteiger partial charge in [-0.1, -0.05) is 6.07 Å². The molecule has 1 saturated heterocycles. The summed E-state index contributed by atoms with van der Waals surface area (Å²) in [5, 5.41) is 0. The van der Waals surface area contributed by atoms with E-state index in [4.69, 9.17) is 10.5 Å². The molecule has 1 aromatic rings. The van der Waals surface area contributed by atoms with Crippen molar-refractivity contribution in [2.24, 2.45) is 0 Å². The van der Waals surface area contributed by atoms with Crippen LogP contribution in [0.15, 0.2) is 18.2 Å². The first kappa shape index (κ1) is 9.27. The van der Waals surface area contributed by atoms with Gasteiger partial charge in [-0.2, -0.15) is 0 Å². The molecule has 0 saturated carbocycles. The van der Waals surface area contributed by atoms with Crippen molar-refractivity contribution in [2.75, 3.05) is 30.8 Å². The quantitative estimate of drug-likeness (QED) is 0.757. The van der Waals surface area contributed by atoms with E-state index in [0.717, 1.165) is 25.3 Å². The lowest BCUT2D eigenvalue weighted by molar-refractivity contribution is 0.121. The molecule has 1 aliphatic heterocycles. The van der Waals surface area contributed by atoms with Crippen LogP contribution in [0.5, 0.6) is 0 Å². The highest BCUT2D eigenvalue weighted by atomic mass is 16.5. The molecule has 1 atom stereocenters. The summed E-state index contributed by atoms with van der Waals surface area (Å²) in [5.74, 6) is 1.52. The van der Waals surface area contributed by atoms with E-state index >= 15 is 0 Å². The van der Waals surface area contributed by atoms with Gasteiger partial charge in [-0.05, 0) is 18.6 Å². The molecule has 4 heteroatoms. The van der Waals surface area contributed by atoms with E-state index in [2.05, 4.69) is 9.88 Å². The number of nitrogen functional groups attached to an aromatic ring is 1. The van der Waals surface area contributed by atoms with Crippen molar-refractivity contribution in [3.63, 3.8) is 0 Å². The van der Waals surface area contributed by atoms with Gasteiger partial charge in [0, 0.05) is 20.2 Å². The third-order valence-corrected chi connectivity index (χ3v) is 2.56. The number of hydrogen-bond donors (Lipinski definition) is 1. The van der Waals surface area contributed by atoms with Crippen LogP contribution >= 0.6 is 0 Å². The fraction of sp³-hybridized carbons (Fsp3) is 0.500. The zero-order chi connectivity index (χ0) is 9.97. The maximum atomic E-state index is 5.62. The Morgan fingerprint density at radius 2 is 2.43 bits per heavy atom. The number of aromatic nitrogens is 1. The standard InChI is InChI=1S/C10H15N3O/c1-14-8-5-6-13(7-8)10-4-2-3-9(11)12-10/h2-4,8H,5-7H2,1H3,(H2,11,12). The highest BCUT2D eigenvalue weighted by Crippen LogP contribution is 2.19. The highest BCUT2D eigenvalue weighted by Gasteiger charge is 2.22. The summed E-state index contributed by atoms with van der Waals surface area (Å²) in [6.07, 6.45) is 1.39. The van der Waals surface area contributed by atoms with Crippen molar-refractivity contribution in [2.45, 2.75) is 12.5 Å². The van der Waals surface area contributed by atoms with Crippen molar-refractivity contribution < 1.29 is 4.74 Å². The zero-order valence-electron chi connectivity index (χ0n) is 8.31. The number of methoxy groups -OCH3 is 1. The average molecular weight is 193 g/mol. The second-order valence-electron chi connectivity index (χ2n) is 3.51. The van der Waals surface area contributed by atoms with Gasteiger partial charge in [0.15, 0.2) is 0 Å². The van der Waals surface area contributed by atoms with Crippen LogP contribution in [0, 0.1) is 0 Å². The number of rotatable bonds is 2. The molecule has 2 heterocycles. The molecule has 76 valence electrons. The monoisotopic (exact) mass is 193 g/mol. The first-order chi connectivity index (χ1) is 6.79. The maximum absolute atomic E-state index is 5.62. The third-order valence-electron chi connectivity index (χ3n) is 2.56. The maximum Gasteiger partial charge on any atom is 0.131 e. The lowest BCUT2D eigenvalue weighted by Crippen LogP contribution is -2.23. The Balaban J connectivity index is 2.09. The number of hydrogen-bond acceptors (Lipinski definition) is 4. The molecular formula is C10H15N3O. The second-order valence-corrected chi connectivity index (χ2v) is 3.51. The minimum atomic E-state index is 0.332. The van der Waals surface area contributed by atoms with Crippen LogP contribution in [0.2, 0.25) is 0 Å². The molecule has 0 bridgehead atoms. The van der Waals surface area contributed by atoms with E-state index in [0.29, 0.717) is 11.9 Å². The summed E-state index contributed by atoms with van der Waals surface area (Å²) in [6.45, 7) is 1.90. The summed E-state index contributed by atoms with van der Waals surface area (Å²) in [6, 6.07) is 5.71. The fourth-order valence-electron chi connectivity index (χ4n) is 1.74. The molecule has 1 aromatic heterocycles. The molecule has 0 amide bonds. The first-order valence-electron chi connectivity index (χ1n) is 4.80. The predicted molar refractivity (Wildman–Crippen MR) is 56.3 cm³/mol. The minimum absolute atomic E-state index is 0.332. The lowest BCUT2D eigenvalue weighted by atomic mass is 10.3. The van der Waals surface area contributed by atoms with E-state index in [-0.39, 0.29) is 0 Å². The van der Waals surface area contributed by atoms with Crippen LogP contribution in [0.1, 0.15) is 6.42 Å². The van der Waals surface area contributed by atoms with Crippen LogP contribution in [0.3, 0.4) is 0 Å². The molecule has 14 heavy (non-hydrogen) atoms. The Labute approximate surface area is 83.7 Å². The van der Waals surface area contributed by atoms with Crippen LogP contribution in [-0.2, 0) is 4.74 Å². The normalized spacial score (nSPS) is 21.5. The minimum Gasteiger partial charge on any atom is -0.384 e. The number of pyridine rings is 1. The molecule has 1 aliphatic rings. The van der Waals surface area contributed by atoms with Gasteiger partial charge in [-0.3, -0.25) is 0 Å². The van der Waals surface area contributed by atoms with Gasteiger partial charge in [0.1, 0.15) is 11.6 Å². The Morgan fingerprint density at radius 1 is 1.57 bits per heavy atom. The van der Waals surface area contributed by atoms with Gasteiger partial charge in [0.25, 0.3) is 0 Å². The summed E-state index contributed by atoms with van der Waals surface area (Å²) < 4.78 is 5.29. The molecule has 1 fully saturated rings. The van der Waals surface area contributed by atoms with Gasteiger partial charge in [0.2, 0.25) is 0 Å². The van der Waals surface area contributed by atoms with Crippen molar-refractivity contribution in [1.82, 2.24) is 4.98 Å². The van der Waals surface area contributed by atoms with E-state index in [1.165, 1.54) is 0 Å². The summed E-state index contributed by atoms with van der Waals surface area (Å²) in [7, 11) is 1.75. The predicted octanol–water partition coefficient (Wildman–Crippen LogP) is 0.889. The zero-order valence-corrected chi connectivity index (χ0v) is 8.31. The SMILES string of the molecule is COC1CCN(c2cccc(N)n2)C1. The molecule has 0 aliphatic carbocycles. The third kappa shape index (κ3) is 1.80. The molecule has 2 N–H and O–H groups in total. The van der Waals surface area contributed by atoms with E-state index in [9.17, 15) is 0 Å². The Kier molecular flexibility index (Phi) is 2.54. The number of anilines is 2. The van der Waals surface area contributed by atoms with E-state index in [1.807, 2.05) is 12.1 Å². The molecule has 1 unspecified atom stereocenters. The van der Waals surface area contributed by atoms with Gasteiger partial charge < -0.3 is 15.4 Å². The van der Waals surface area contributed by atoms with Crippen molar-refractivity contribution >= 4 is 11.6 Å². The van der Waals surface area contributed by atoms with Gasteiger partial charge in [-0.25, -0.2) is 4.98 Å². The highest BCUT2D eigenvalue weighted by molar-refractivity contribution is 5.45. The molecular weight excluding hydrogens is 178 g/mol. The van der Waals surface area contributed by atoms with E-state index in [1.54, 1.807) is 13.2 Å². The number of ether oxygens (including phenoxy) is 1.